The minimum Gasteiger partial charge on any atom is -0.396 e. The van der Waals surface area contributed by atoms with Crippen molar-refractivity contribution in [2.75, 3.05) is 24.6 Å². The summed E-state index contributed by atoms with van der Waals surface area (Å²) in [5, 5.41) is 8.76. The highest BCUT2D eigenvalue weighted by Crippen LogP contribution is 2.16. The molecule has 0 spiro atoms. The second-order valence-electron chi connectivity index (χ2n) is 3.92. The van der Waals surface area contributed by atoms with Crippen LogP contribution in [0.5, 0.6) is 0 Å². The standard InChI is InChI=1S/C10H14FN3O2S/c11-17-14-7-8(3-1-6-15)12-9(10(14)16)13-4-2-5-13/h7,15H,1-6H2. The van der Waals surface area contributed by atoms with Crippen molar-refractivity contribution in [3.63, 3.8) is 0 Å². The highest BCUT2D eigenvalue weighted by Gasteiger charge is 2.21. The van der Waals surface area contributed by atoms with Crippen LogP contribution in [0.4, 0.5) is 9.70 Å². The fourth-order valence-corrected chi connectivity index (χ4v) is 1.98. The first-order valence-electron chi connectivity index (χ1n) is 5.53. The van der Waals surface area contributed by atoms with Crippen molar-refractivity contribution in [2.24, 2.45) is 0 Å². The molecule has 0 bridgehead atoms. The quantitative estimate of drug-likeness (QED) is 0.846. The maximum Gasteiger partial charge on any atom is 0.305 e. The molecule has 17 heavy (non-hydrogen) atoms. The van der Waals surface area contributed by atoms with Crippen LogP contribution < -0.4 is 10.5 Å². The summed E-state index contributed by atoms with van der Waals surface area (Å²) < 4.78 is 13.6. The van der Waals surface area contributed by atoms with E-state index >= 15 is 0 Å². The van der Waals surface area contributed by atoms with Gasteiger partial charge in [-0.05, 0) is 19.3 Å². The number of aryl methyl sites for hydroxylation is 1. The van der Waals surface area contributed by atoms with Gasteiger partial charge < -0.3 is 10.0 Å². The summed E-state index contributed by atoms with van der Waals surface area (Å²) in [5.74, 6) is 0.317. The van der Waals surface area contributed by atoms with Gasteiger partial charge in [0.2, 0.25) is 0 Å². The van der Waals surface area contributed by atoms with E-state index in [-0.39, 0.29) is 18.9 Å². The molecule has 94 valence electrons. The Morgan fingerprint density at radius 2 is 2.29 bits per heavy atom. The van der Waals surface area contributed by atoms with Gasteiger partial charge in [-0.2, -0.15) is 0 Å². The molecule has 0 radical (unpaired) electrons. The van der Waals surface area contributed by atoms with Crippen molar-refractivity contribution in [1.82, 2.24) is 8.96 Å². The molecule has 7 heteroatoms. The molecule has 5 nitrogen and oxygen atoms in total. The number of hydrogen-bond donors (Lipinski definition) is 1. The van der Waals surface area contributed by atoms with Crippen molar-refractivity contribution >= 4 is 18.2 Å². The average molecular weight is 259 g/mol. The second kappa shape index (κ2) is 5.50. The van der Waals surface area contributed by atoms with Crippen LogP contribution >= 0.6 is 12.3 Å². The maximum absolute atomic E-state index is 12.6. The molecule has 0 saturated carbocycles. The van der Waals surface area contributed by atoms with Crippen LogP contribution in [0.25, 0.3) is 0 Å². The van der Waals surface area contributed by atoms with Crippen molar-refractivity contribution < 1.29 is 8.99 Å². The molecule has 0 unspecified atom stereocenters. The molecule has 2 heterocycles. The molecular formula is C10H14FN3O2S. The first-order chi connectivity index (χ1) is 8.26. The highest BCUT2D eigenvalue weighted by molar-refractivity contribution is 7.92. The zero-order valence-electron chi connectivity index (χ0n) is 9.30. The van der Waals surface area contributed by atoms with E-state index in [4.69, 9.17) is 5.11 Å². The third kappa shape index (κ3) is 2.61. The SMILES string of the molecule is O=c1c(N2CCC2)nc(CCCO)cn1SF. The Labute approximate surface area is 103 Å². The summed E-state index contributed by atoms with van der Waals surface area (Å²) in [4.78, 5) is 17.9. The lowest BCUT2D eigenvalue weighted by Gasteiger charge is -2.31. The van der Waals surface area contributed by atoms with E-state index in [1.54, 1.807) is 0 Å². The Morgan fingerprint density at radius 3 is 2.82 bits per heavy atom. The minimum absolute atomic E-state index is 0.0582. The van der Waals surface area contributed by atoms with E-state index in [2.05, 4.69) is 4.98 Å². The van der Waals surface area contributed by atoms with Gasteiger partial charge >= 0.3 is 5.56 Å². The van der Waals surface area contributed by atoms with Crippen LogP contribution in [0.1, 0.15) is 18.5 Å². The predicted octanol–water partition coefficient (Wildman–Crippen LogP) is 0.759. The fraction of sp³-hybridized carbons (Fsp3) is 0.600. The Balaban J connectivity index is 2.31. The van der Waals surface area contributed by atoms with Gasteiger partial charge in [0.05, 0.1) is 5.69 Å². The zero-order chi connectivity index (χ0) is 12.3. The number of halogens is 1. The van der Waals surface area contributed by atoms with E-state index in [1.807, 2.05) is 4.90 Å². The van der Waals surface area contributed by atoms with Crippen molar-refractivity contribution in [1.29, 1.82) is 0 Å². The van der Waals surface area contributed by atoms with E-state index in [1.165, 1.54) is 6.20 Å². The normalized spacial score (nSPS) is 14.8. The lowest BCUT2D eigenvalue weighted by Crippen LogP contribution is -2.42. The Kier molecular flexibility index (Phi) is 4.01. The number of nitrogens with zero attached hydrogens (tertiary/aromatic N) is 3. The average Bonchev–Trinajstić information content (AvgIpc) is 2.27. The van der Waals surface area contributed by atoms with Crippen LogP contribution in [-0.2, 0) is 6.42 Å². The van der Waals surface area contributed by atoms with E-state index in [0.29, 0.717) is 24.4 Å². The molecule has 0 aliphatic carbocycles. The lowest BCUT2D eigenvalue weighted by molar-refractivity contribution is 0.288. The van der Waals surface area contributed by atoms with E-state index in [9.17, 15) is 8.68 Å². The van der Waals surface area contributed by atoms with Gasteiger partial charge in [-0.15, -0.1) is 3.89 Å². The van der Waals surface area contributed by atoms with Crippen LogP contribution in [0, 0.1) is 0 Å². The molecule has 2 rings (SSSR count). The summed E-state index contributed by atoms with van der Waals surface area (Å²) in [6.07, 6.45) is 3.52. The summed E-state index contributed by atoms with van der Waals surface area (Å²) in [7, 11) is 0. The minimum atomic E-state index is -0.412. The molecule has 1 aromatic heterocycles. The first kappa shape index (κ1) is 12.4. The third-order valence-electron chi connectivity index (χ3n) is 2.73. The number of hydrogen-bond acceptors (Lipinski definition) is 5. The first-order valence-corrected chi connectivity index (χ1v) is 6.21. The van der Waals surface area contributed by atoms with Gasteiger partial charge in [-0.1, -0.05) is 0 Å². The molecule has 1 saturated heterocycles. The number of rotatable bonds is 5. The van der Waals surface area contributed by atoms with Crippen molar-refractivity contribution in [3.05, 3.63) is 22.2 Å². The van der Waals surface area contributed by atoms with Gasteiger partial charge in [-0.3, -0.25) is 4.79 Å². The van der Waals surface area contributed by atoms with Gasteiger partial charge in [-0.25, -0.2) is 8.96 Å². The van der Waals surface area contributed by atoms with Gasteiger partial charge in [0.15, 0.2) is 18.2 Å². The number of anilines is 1. The second-order valence-corrected chi connectivity index (χ2v) is 4.45. The molecule has 0 amide bonds. The Morgan fingerprint density at radius 1 is 1.53 bits per heavy atom. The maximum atomic E-state index is 12.6. The third-order valence-corrected chi connectivity index (χ3v) is 3.15. The number of aliphatic hydroxyl groups excluding tert-OH is 1. The van der Waals surface area contributed by atoms with E-state index < -0.39 is 5.56 Å². The monoisotopic (exact) mass is 259 g/mol. The van der Waals surface area contributed by atoms with Crippen molar-refractivity contribution in [3.8, 4) is 0 Å². The summed E-state index contributed by atoms with van der Waals surface area (Å²) >= 11 is -0.116. The van der Waals surface area contributed by atoms with Crippen LogP contribution in [0.15, 0.2) is 11.0 Å². The number of aliphatic hydroxyl groups is 1. The van der Waals surface area contributed by atoms with Crippen molar-refractivity contribution in [2.45, 2.75) is 19.3 Å². The van der Waals surface area contributed by atoms with E-state index in [0.717, 1.165) is 23.5 Å². The molecule has 1 aromatic rings. The highest BCUT2D eigenvalue weighted by atomic mass is 32.2. The molecule has 1 N–H and O–H groups in total. The van der Waals surface area contributed by atoms with Gasteiger partial charge in [0, 0.05) is 25.9 Å². The molecule has 1 aliphatic heterocycles. The van der Waals surface area contributed by atoms with Crippen LogP contribution in [0.2, 0.25) is 0 Å². The fourth-order valence-electron chi connectivity index (χ4n) is 1.67. The molecule has 0 atom stereocenters. The van der Waals surface area contributed by atoms with Gasteiger partial charge in [0.25, 0.3) is 0 Å². The zero-order valence-corrected chi connectivity index (χ0v) is 10.1. The molecule has 0 aromatic carbocycles. The summed E-state index contributed by atoms with van der Waals surface area (Å²) in [6, 6.07) is 0. The molecule has 1 fully saturated rings. The predicted molar refractivity (Wildman–Crippen MR) is 64.8 cm³/mol. The molecule has 1 aliphatic rings. The number of aromatic nitrogens is 2. The Bertz CT molecular complexity index is 448. The van der Waals surface area contributed by atoms with Crippen LogP contribution in [0.3, 0.4) is 0 Å². The largest absolute Gasteiger partial charge is 0.396 e. The summed E-state index contributed by atoms with van der Waals surface area (Å²) in [5.41, 5.74) is 0.218. The Hall–Kier alpha value is -1.08. The molecular weight excluding hydrogens is 245 g/mol. The summed E-state index contributed by atoms with van der Waals surface area (Å²) in [6.45, 7) is 1.65. The lowest BCUT2D eigenvalue weighted by atomic mass is 10.2. The van der Waals surface area contributed by atoms with Gasteiger partial charge in [0.1, 0.15) is 0 Å². The smallest absolute Gasteiger partial charge is 0.305 e. The van der Waals surface area contributed by atoms with Crippen LogP contribution in [-0.4, -0.2) is 33.8 Å². The topological polar surface area (TPSA) is 58.4 Å².